The minimum absolute atomic E-state index is 0.0897. The predicted octanol–water partition coefficient (Wildman–Crippen LogP) is 2.82. The maximum absolute atomic E-state index is 9.22. The van der Waals surface area contributed by atoms with Gasteiger partial charge in [0.15, 0.2) is 23.0 Å². The Balaban J connectivity index is 0.000000220. The van der Waals surface area contributed by atoms with Crippen LogP contribution < -0.4 is 18.9 Å². The fourth-order valence-electron chi connectivity index (χ4n) is 1.67. The van der Waals surface area contributed by atoms with Crippen LogP contribution in [0.1, 0.15) is 0 Å². The molecule has 0 aliphatic carbocycles. The van der Waals surface area contributed by atoms with Gasteiger partial charge in [0.05, 0.1) is 28.4 Å². The summed E-state index contributed by atoms with van der Waals surface area (Å²) in [4.78, 5) is 0. The molecule has 0 heterocycles. The normalized spacial score (nSPS) is 9.27. The molecule has 0 saturated carbocycles. The topological polar surface area (TPSA) is 77.4 Å². The molecule has 0 atom stereocenters. The van der Waals surface area contributed by atoms with E-state index in [0.717, 1.165) is 0 Å². The Morgan fingerprint density at radius 2 is 1.36 bits per heavy atom. The molecule has 0 fully saturated rings. The largest absolute Gasteiger partial charge is 0.504 e. The van der Waals surface area contributed by atoms with Crippen LogP contribution in [-0.4, -0.2) is 38.7 Å². The number of ether oxygens (including phenoxy) is 4. The molecule has 2 N–H and O–H groups in total. The van der Waals surface area contributed by atoms with E-state index in [4.69, 9.17) is 18.9 Å². The summed E-state index contributed by atoms with van der Waals surface area (Å²) >= 11 is 0. The van der Waals surface area contributed by atoms with Crippen molar-refractivity contribution >= 4 is 0 Å². The number of aromatic hydroxyl groups is 2. The van der Waals surface area contributed by atoms with Gasteiger partial charge < -0.3 is 29.2 Å². The van der Waals surface area contributed by atoms with Gasteiger partial charge in [-0.1, -0.05) is 6.07 Å². The highest BCUT2D eigenvalue weighted by molar-refractivity contribution is 5.50. The highest BCUT2D eigenvalue weighted by Gasteiger charge is 2.06. The number of benzene rings is 2. The van der Waals surface area contributed by atoms with E-state index in [2.05, 4.69) is 0 Å². The van der Waals surface area contributed by atoms with Crippen molar-refractivity contribution in [1.29, 1.82) is 0 Å². The van der Waals surface area contributed by atoms with Crippen LogP contribution in [0.2, 0.25) is 0 Å². The molecule has 2 aromatic carbocycles. The monoisotopic (exact) mass is 308 g/mol. The Hall–Kier alpha value is -2.76. The minimum atomic E-state index is 0.0897. The van der Waals surface area contributed by atoms with Gasteiger partial charge in [0.25, 0.3) is 0 Å². The lowest BCUT2D eigenvalue weighted by Crippen LogP contribution is -1.89. The second-order valence-corrected chi connectivity index (χ2v) is 4.05. The van der Waals surface area contributed by atoms with Crippen LogP contribution in [0.15, 0.2) is 36.4 Å². The number of phenols is 2. The summed E-state index contributed by atoms with van der Waals surface area (Å²) < 4.78 is 19.5. The van der Waals surface area contributed by atoms with E-state index in [9.17, 15) is 10.2 Å². The molecule has 0 spiro atoms. The summed E-state index contributed by atoms with van der Waals surface area (Å²) in [5.41, 5.74) is 0. The first kappa shape index (κ1) is 17.3. The van der Waals surface area contributed by atoms with Crippen LogP contribution >= 0.6 is 0 Å². The molecule has 120 valence electrons. The predicted molar refractivity (Wildman–Crippen MR) is 82.4 cm³/mol. The van der Waals surface area contributed by atoms with E-state index in [0.29, 0.717) is 23.0 Å². The molecular weight excluding hydrogens is 288 g/mol. The Kier molecular flexibility index (Phi) is 6.69. The fraction of sp³-hybridized carbons (Fsp3) is 0.250. The fourth-order valence-corrected chi connectivity index (χ4v) is 1.67. The van der Waals surface area contributed by atoms with Crippen molar-refractivity contribution in [2.45, 2.75) is 0 Å². The minimum Gasteiger partial charge on any atom is -0.504 e. The maximum atomic E-state index is 9.22. The summed E-state index contributed by atoms with van der Waals surface area (Å²) in [7, 11) is 6.05. The summed E-state index contributed by atoms with van der Waals surface area (Å²) in [5, 5.41) is 18.4. The standard InChI is InChI=1S/2C8H10O3/c1-10-6-3-4-8(11-2)7(9)5-6;1-10-7-5-3-4-6(9)8(7)11-2/h2*3-5,9H,1-2H3. The molecule has 2 rings (SSSR count). The van der Waals surface area contributed by atoms with E-state index in [1.807, 2.05) is 0 Å². The van der Waals surface area contributed by atoms with Crippen LogP contribution in [0.25, 0.3) is 0 Å². The number of rotatable bonds is 4. The maximum Gasteiger partial charge on any atom is 0.203 e. The number of phenolic OH excluding ortho intramolecular Hbond substituents is 2. The van der Waals surface area contributed by atoms with Crippen molar-refractivity contribution in [2.24, 2.45) is 0 Å². The van der Waals surface area contributed by atoms with Crippen LogP contribution in [0, 0.1) is 0 Å². The van der Waals surface area contributed by atoms with Gasteiger partial charge in [0.1, 0.15) is 5.75 Å². The molecule has 6 heteroatoms. The molecule has 0 radical (unpaired) electrons. The molecule has 22 heavy (non-hydrogen) atoms. The molecule has 0 aliphatic rings. The van der Waals surface area contributed by atoms with Gasteiger partial charge in [0, 0.05) is 6.07 Å². The smallest absolute Gasteiger partial charge is 0.203 e. The summed E-state index contributed by atoms with van der Waals surface area (Å²) in [6, 6.07) is 9.82. The number of para-hydroxylation sites is 1. The molecule has 0 aliphatic heterocycles. The van der Waals surface area contributed by atoms with Crippen molar-refractivity contribution in [3.63, 3.8) is 0 Å². The second kappa shape index (κ2) is 8.51. The third-order valence-corrected chi connectivity index (χ3v) is 2.77. The van der Waals surface area contributed by atoms with Gasteiger partial charge in [-0.25, -0.2) is 0 Å². The lowest BCUT2D eigenvalue weighted by molar-refractivity contribution is 0.333. The van der Waals surface area contributed by atoms with E-state index < -0.39 is 0 Å². The Morgan fingerprint density at radius 3 is 1.82 bits per heavy atom. The van der Waals surface area contributed by atoms with Crippen molar-refractivity contribution in [2.75, 3.05) is 28.4 Å². The number of hydrogen-bond donors (Lipinski definition) is 2. The third kappa shape index (κ3) is 4.37. The van der Waals surface area contributed by atoms with Crippen molar-refractivity contribution in [1.82, 2.24) is 0 Å². The molecule has 0 bridgehead atoms. The molecular formula is C16H20O6. The van der Waals surface area contributed by atoms with Gasteiger partial charge >= 0.3 is 0 Å². The quantitative estimate of drug-likeness (QED) is 0.904. The highest BCUT2D eigenvalue weighted by atomic mass is 16.5. The average molecular weight is 308 g/mol. The zero-order chi connectivity index (χ0) is 16.5. The zero-order valence-electron chi connectivity index (χ0n) is 13.0. The first-order valence-corrected chi connectivity index (χ1v) is 6.38. The van der Waals surface area contributed by atoms with Gasteiger partial charge in [-0.2, -0.15) is 0 Å². The van der Waals surface area contributed by atoms with Gasteiger partial charge in [-0.05, 0) is 24.3 Å². The van der Waals surface area contributed by atoms with Crippen LogP contribution in [0.4, 0.5) is 0 Å². The van der Waals surface area contributed by atoms with Gasteiger partial charge in [-0.3, -0.25) is 0 Å². The lowest BCUT2D eigenvalue weighted by atomic mass is 10.3. The summed E-state index contributed by atoms with van der Waals surface area (Å²) in [6.07, 6.45) is 0. The molecule has 0 aromatic heterocycles. The number of hydrogen-bond acceptors (Lipinski definition) is 6. The Bertz CT molecular complexity index is 597. The molecule has 6 nitrogen and oxygen atoms in total. The van der Waals surface area contributed by atoms with Crippen molar-refractivity contribution < 1.29 is 29.2 Å². The first-order chi connectivity index (χ1) is 10.6. The van der Waals surface area contributed by atoms with E-state index in [1.165, 1.54) is 27.4 Å². The summed E-state index contributed by atoms with van der Waals surface area (Å²) in [6.45, 7) is 0. The van der Waals surface area contributed by atoms with Gasteiger partial charge in [-0.15, -0.1) is 0 Å². The lowest BCUT2D eigenvalue weighted by Gasteiger charge is -2.07. The van der Waals surface area contributed by atoms with Crippen LogP contribution in [0.3, 0.4) is 0 Å². The highest BCUT2D eigenvalue weighted by Crippen LogP contribution is 2.35. The Morgan fingerprint density at radius 1 is 0.682 bits per heavy atom. The van der Waals surface area contributed by atoms with Crippen molar-refractivity contribution in [3.05, 3.63) is 36.4 Å². The third-order valence-electron chi connectivity index (χ3n) is 2.77. The molecule has 2 aromatic rings. The first-order valence-electron chi connectivity index (χ1n) is 6.38. The number of methoxy groups -OCH3 is 4. The van der Waals surface area contributed by atoms with E-state index in [-0.39, 0.29) is 11.5 Å². The summed E-state index contributed by atoms with van der Waals surface area (Å²) in [5.74, 6) is 2.15. The molecule has 0 unspecified atom stereocenters. The molecule has 0 amide bonds. The van der Waals surface area contributed by atoms with E-state index in [1.54, 1.807) is 37.4 Å². The average Bonchev–Trinajstić information content (AvgIpc) is 2.55. The van der Waals surface area contributed by atoms with E-state index >= 15 is 0 Å². The second-order valence-electron chi connectivity index (χ2n) is 4.05. The van der Waals surface area contributed by atoms with Crippen LogP contribution in [-0.2, 0) is 0 Å². The zero-order valence-corrected chi connectivity index (χ0v) is 13.0. The molecule has 0 saturated heterocycles. The van der Waals surface area contributed by atoms with Crippen LogP contribution in [0.5, 0.6) is 34.5 Å². The van der Waals surface area contributed by atoms with Gasteiger partial charge in [0.2, 0.25) is 5.75 Å². The SMILES string of the molecule is COc1ccc(OC)c(O)c1.COc1cccc(O)c1OC. The van der Waals surface area contributed by atoms with Crippen molar-refractivity contribution in [3.8, 4) is 34.5 Å². The Labute approximate surface area is 129 Å².